The molecular weight excluding hydrogens is 387 g/mol. The van der Waals surface area contributed by atoms with Crippen molar-refractivity contribution >= 4 is 34.8 Å². The largest absolute Gasteiger partial charge is 0.491 e. The molecule has 0 saturated carbocycles. The van der Waals surface area contributed by atoms with E-state index in [1.165, 1.54) is 0 Å². The van der Waals surface area contributed by atoms with E-state index in [0.717, 1.165) is 38.4 Å². The monoisotopic (exact) mass is 408 g/mol. The Kier molecular flexibility index (Phi) is 6.96. The van der Waals surface area contributed by atoms with Crippen molar-refractivity contribution in [1.82, 2.24) is 4.90 Å². The van der Waals surface area contributed by atoms with Crippen LogP contribution in [0, 0.1) is 6.92 Å². The zero-order valence-corrected chi connectivity index (χ0v) is 16.6. The average molecular weight is 409 g/mol. The molecule has 0 bridgehead atoms. The summed E-state index contributed by atoms with van der Waals surface area (Å²) in [5.41, 5.74) is 1.94. The quantitative estimate of drug-likeness (QED) is 0.775. The maximum Gasteiger partial charge on any atom is 0.259 e. The van der Waals surface area contributed by atoms with Crippen LogP contribution in [-0.2, 0) is 4.74 Å². The molecule has 2 aromatic rings. The first-order chi connectivity index (χ1) is 13.0. The van der Waals surface area contributed by atoms with E-state index in [4.69, 9.17) is 32.7 Å². The van der Waals surface area contributed by atoms with E-state index >= 15 is 0 Å². The van der Waals surface area contributed by atoms with Gasteiger partial charge in [-0.15, -0.1) is 0 Å². The van der Waals surface area contributed by atoms with Gasteiger partial charge in [0, 0.05) is 24.7 Å². The molecule has 1 aliphatic heterocycles. The lowest BCUT2D eigenvalue weighted by molar-refractivity contribution is 0.0322. The van der Waals surface area contributed by atoms with Crippen molar-refractivity contribution in [1.29, 1.82) is 0 Å². The number of ether oxygens (including phenoxy) is 2. The van der Waals surface area contributed by atoms with E-state index < -0.39 is 0 Å². The number of amides is 1. The number of halogens is 2. The highest BCUT2D eigenvalue weighted by Gasteiger charge is 2.16. The van der Waals surface area contributed by atoms with Crippen molar-refractivity contribution in [3.8, 4) is 5.75 Å². The maximum absolute atomic E-state index is 12.8. The van der Waals surface area contributed by atoms with Crippen LogP contribution in [0.1, 0.15) is 15.9 Å². The van der Waals surface area contributed by atoms with Crippen LogP contribution >= 0.6 is 23.2 Å². The molecule has 1 amide bonds. The highest BCUT2D eigenvalue weighted by atomic mass is 35.5. The molecule has 0 aromatic heterocycles. The van der Waals surface area contributed by atoms with Gasteiger partial charge >= 0.3 is 0 Å². The molecule has 1 heterocycles. The zero-order valence-electron chi connectivity index (χ0n) is 15.1. The third-order valence-corrected chi connectivity index (χ3v) is 4.88. The normalized spacial score (nSPS) is 14.8. The zero-order chi connectivity index (χ0) is 19.2. The second kappa shape index (κ2) is 9.42. The van der Waals surface area contributed by atoms with Crippen LogP contribution < -0.4 is 10.1 Å². The Balaban J connectivity index is 1.68. The predicted octanol–water partition coefficient (Wildman–Crippen LogP) is 4.27. The van der Waals surface area contributed by atoms with Gasteiger partial charge in [-0.05, 0) is 42.8 Å². The minimum atomic E-state index is -0.315. The summed E-state index contributed by atoms with van der Waals surface area (Å²) in [7, 11) is 0. The number of rotatable bonds is 6. The van der Waals surface area contributed by atoms with Gasteiger partial charge in [0.1, 0.15) is 12.4 Å². The Labute approximate surface area is 169 Å². The number of hydrogen-bond acceptors (Lipinski definition) is 4. The molecule has 7 heteroatoms. The second-order valence-corrected chi connectivity index (χ2v) is 7.22. The number of anilines is 1. The summed E-state index contributed by atoms with van der Waals surface area (Å²) in [5.74, 6) is 0.179. The lowest BCUT2D eigenvalue weighted by Crippen LogP contribution is -2.38. The molecule has 27 heavy (non-hydrogen) atoms. The summed E-state index contributed by atoms with van der Waals surface area (Å²) < 4.78 is 11.2. The first-order valence-corrected chi connectivity index (χ1v) is 9.58. The number of carbonyl (C=O) groups is 1. The highest BCUT2D eigenvalue weighted by molar-refractivity contribution is 6.34. The Morgan fingerprint density at radius 3 is 2.70 bits per heavy atom. The Bertz CT molecular complexity index is 808. The summed E-state index contributed by atoms with van der Waals surface area (Å²) in [4.78, 5) is 15.0. The van der Waals surface area contributed by atoms with Gasteiger partial charge in [0.15, 0.2) is 0 Å². The number of carbonyl (C=O) groups excluding carboxylic acids is 1. The fourth-order valence-corrected chi connectivity index (χ4v) is 3.28. The molecular formula is C20H22Cl2N2O3. The molecule has 3 rings (SSSR count). The topological polar surface area (TPSA) is 50.8 Å². The van der Waals surface area contributed by atoms with Gasteiger partial charge in [0.25, 0.3) is 5.91 Å². The van der Waals surface area contributed by atoms with Gasteiger partial charge in [0.2, 0.25) is 0 Å². The van der Waals surface area contributed by atoms with Gasteiger partial charge < -0.3 is 14.8 Å². The number of benzene rings is 2. The van der Waals surface area contributed by atoms with Gasteiger partial charge in [0.05, 0.1) is 29.5 Å². The van der Waals surface area contributed by atoms with Crippen molar-refractivity contribution < 1.29 is 14.3 Å². The molecule has 1 aliphatic rings. The first kappa shape index (κ1) is 20.0. The molecule has 5 nitrogen and oxygen atoms in total. The number of nitrogens with one attached hydrogen (secondary N) is 1. The molecule has 0 spiro atoms. The van der Waals surface area contributed by atoms with Crippen molar-refractivity contribution in [2.24, 2.45) is 0 Å². The lowest BCUT2D eigenvalue weighted by Gasteiger charge is -2.26. The number of hydrogen-bond donors (Lipinski definition) is 1. The fraction of sp³-hybridized carbons (Fsp3) is 0.350. The van der Waals surface area contributed by atoms with E-state index in [2.05, 4.69) is 10.2 Å². The van der Waals surface area contributed by atoms with Gasteiger partial charge in [-0.25, -0.2) is 0 Å². The minimum Gasteiger partial charge on any atom is -0.491 e. The second-order valence-electron chi connectivity index (χ2n) is 6.38. The van der Waals surface area contributed by atoms with Crippen molar-refractivity contribution in [3.63, 3.8) is 0 Å². The lowest BCUT2D eigenvalue weighted by atomic mass is 10.1. The van der Waals surface area contributed by atoms with Gasteiger partial charge in [-0.1, -0.05) is 29.3 Å². The van der Waals surface area contributed by atoms with Crippen LogP contribution in [0.15, 0.2) is 36.4 Å². The summed E-state index contributed by atoms with van der Waals surface area (Å²) in [5, 5.41) is 3.78. The van der Waals surface area contributed by atoms with E-state index in [0.29, 0.717) is 33.7 Å². The predicted molar refractivity (Wildman–Crippen MR) is 108 cm³/mol. The van der Waals surface area contributed by atoms with Crippen molar-refractivity contribution in [2.45, 2.75) is 6.92 Å². The van der Waals surface area contributed by atoms with Crippen LogP contribution in [-0.4, -0.2) is 50.3 Å². The third kappa shape index (κ3) is 5.59. The Morgan fingerprint density at radius 2 is 1.96 bits per heavy atom. The van der Waals surface area contributed by atoms with Crippen LogP contribution in [0.2, 0.25) is 10.0 Å². The van der Waals surface area contributed by atoms with Crippen LogP contribution in [0.25, 0.3) is 0 Å². The van der Waals surface area contributed by atoms with Crippen LogP contribution in [0.4, 0.5) is 5.69 Å². The fourth-order valence-electron chi connectivity index (χ4n) is 2.83. The van der Waals surface area contributed by atoms with Crippen LogP contribution in [0.3, 0.4) is 0 Å². The summed E-state index contributed by atoms with van der Waals surface area (Å²) in [6.07, 6.45) is 0. The number of morpholine rings is 1. The molecule has 144 valence electrons. The SMILES string of the molecule is Cc1ccc(NC(=O)c2cc(Cl)ccc2OCCN2CCOCC2)c(Cl)c1. The minimum absolute atomic E-state index is 0.315. The average Bonchev–Trinajstić information content (AvgIpc) is 2.66. The molecule has 1 fully saturated rings. The Morgan fingerprint density at radius 1 is 1.19 bits per heavy atom. The molecule has 0 radical (unpaired) electrons. The number of nitrogens with zero attached hydrogens (tertiary/aromatic N) is 1. The van der Waals surface area contributed by atoms with Gasteiger partial charge in [-0.3, -0.25) is 9.69 Å². The smallest absolute Gasteiger partial charge is 0.259 e. The highest BCUT2D eigenvalue weighted by Crippen LogP contribution is 2.27. The maximum atomic E-state index is 12.8. The summed E-state index contributed by atoms with van der Waals surface area (Å²) >= 11 is 12.3. The molecule has 0 unspecified atom stereocenters. The summed E-state index contributed by atoms with van der Waals surface area (Å²) in [6, 6.07) is 10.5. The standard InChI is InChI=1S/C20H22Cl2N2O3/c1-14-2-4-18(17(22)12-14)23-20(25)16-13-15(21)3-5-19(16)27-11-8-24-6-9-26-10-7-24/h2-5,12-13H,6-11H2,1H3,(H,23,25). The van der Waals surface area contributed by atoms with Crippen LogP contribution in [0.5, 0.6) is 5.75 Å². The van der Waals surface area contributed by atoms with E-state index in [9.17, 15) is 4.79 Å². The van der Waals surface area contributed by atoms with E-state index in [1.54, 1.807) is 30.3 Å². The summed E-state index contributed by atoms with van der Waals surface area (Å²) in [6.45, 7) is 6.46. The van der Waals surface area contributed by atoms with E-state index in [1.807, 2.05) is 13.0 Å². The first-order valence-electron chi connectivity index (χ1n) is 8.83. The molecule has 1 N–H and O–H groups in total. The molecule has 2 aromatic carbocycles. The third-order valence-electron chi connectivity index (χ3n) is 4.33. The molecule has 1 saturated heterocycles. The van der Waals surface area contributed by atoms with E-state index in [-0.39, 0.29) is 5.91 Å². The molecule has 0 atom stereocenters. The number of aryl methyl sites for hydroxylation is 1. The van der Waals surface area contributed by atoms with Crippen molar-refractivity contribution in [3.05, 3.63) is 57.6 Å². The van der Waals surface area contributed by atoms with Crippen molar-refractivity contribution in [2.75, 3.05) is 44.8 Å². The molecule has 0 aliphatic carbocycles. The van der Waals surface area contributed by atoms with Gasteiger partial charge in [-0.2, -0.15) is 0 Å². The Hall–Kier alpha value is -1.79.